The van der Waals surface area contributed by atoms with Gasteiger partial charge in [-0.3, -0.25) is 9.59 Å². The topological polar surface area (TPSA) is 83.4 Å². The minimum Gasteiger partial charge on any atom is -0.368 e. The Labute approximate surface area is 234 Å². The van der Waals surface area contributed by atoms with E-state index in [0.29, 0.717) is 40.3 Å². The van der Waals surface area contributed by atoms with Crippen LogP contribution in [-0.4, -0.2) is 63.4 Å². The summed E-state index contributed by atoms with van der Waals surface area (Å²) < 4.78 is 14.9. The Morgan fingerprint density at radius 3 is 2.38 bits per heavy atom. The fraction of sp³-hybridized carbons (Fsp3) is 0.214. The zero-order valence-electron chi connectivity index (χ0n) is 21.2. The Morgan fingerprint density at radius 1 is 0.974 bits per heavy atom. The standard InChI is InChI=1S/C28H26ClFN6O2S/c1-34-26(19-7-11-23(12-8-19)31-27(38)20-5-9-22(30)10-6-20)32-33-28(34)39-18-25(37)36-15-13-35(14-16-36)24-4-2-3-21(29)17-24/h2-12,17H,13-16,18H2,1H3,(H,31,38). The molecule has 1 saturated heterocycles. The molecule has 1 aliphatic rings. The Hall–Kier alpha value is -3.89. The van der Waals surface area contributed by atoms with Crippen LogP contribution in [0.15, 0.2) is 78.0 Å². The zero-order valence-corrected chi connectivity index (χ0v) is 22.8. The highest BCUT2D eigenvalue weighted by molar-refractivity contribution is 7.99. The second-order valence-electron chi connectivity index (χ2n) is 9.04. The molecule has 0 aliphatic carbocycles. The fourth-order valence-electron chi connectivity index (χ4n) is 4.30. The van der Waals surface area contributed by atoms with Crippen LogP contribution in [0.5, 0.6) is 0 Å². The lowest BCUT2D eigenvalue weighted by Crippen LogP contribution is -2.49. The van der Waals surface area contributed by atoms with Crippen molar-refractivity contribution < 1.29 is 14.0 Å². The third kappa shape index (κ3) is 6.40. The van der Waals surface area contributed by atoms with Crippen LogP contribution in [0.3, 0.4) is 0 Å². The lowest BCUT2D eigenvalue weighted by molar-refractivity contribution is -0.128. The van der Waals surface area contributed by atoms with Gasteiger partial charge in [0, 0.05) is 60.8 Å². The molecule has 8 nitrogen and oxygen atoms in total. The summed E-state index contributed by atoms with van der Waals surface area (Å²) >= 11 is 7.47. The molecule has 2 amide bonds. The molecular weight excluding hydrogens is 539 g/mol. The minimum absolute atomic E-state index is 0.0662. The number of carbonyl (C=O) groups excluding carboxylic acids is 2. The second kappa shape index (κ2) is 11.9. The Kier molecular flexibility index (Phi) is 8.13. The molecule has 1 aromatic heterocycles. The summed E-state index contributed by atoms with van der Waals surface area (Å²) in [5.41, 5.74) is 2.86. The van der Waals surface area contributed by atoms with Gasteiger partial charge in [-0.2, -0.15) is 0 Å². The number of benzene rings is 3. The van der Waals surface area contributed by atoms with Gasteiger partial charge in [-0.15, -0.1) is 10.2 Å². The van der Waals surface area contributed by atoms with Crippen molar-refractivity contribution in [2.45, 2.75) is 5.16 Å². The molecule has 200 valence electrons. The van der Waals surface area contributed by atoms with E-state index in [2.05, 4.69) is 20.4 Å². The number of halogens is 2. The molecular formula is C28H26ClFN6O2S. The number of piperazine rings is 1. The van der Waals surface area contributed by atoms with Gasteiger partial charge in [-0.05, 0) is 66.7 Å². The van der Waals surface area contributed by atoms with Gasteiger partial charge in [0.15, 0.2) is 11.0 Å². The van der Waals surface area contributed by atoms with E-state index < -0.39 is 5.82 Å². The molecule has 0 radical (unpaired) electrons. The number of hydrogen-bond acceptors (Lipinski definition) is 6. The molecule has 1 aliphatic heterocycles. The van der Waals surface area contributed by atoms with E-state index in [1.54, 1.807) is 12.1 Å². The number of thioether (sulfide) groups is 1. The van der Waals surface area contributed by atoms with Crippen molar-refractivity contribution in [2.24, 2.45) is 7.05 Å². The number of nitrogens with one attached hydrogen (secondary N) is 1. The highest BCUT2D eigenvalue weighted by Crippen LogP contribution is 2.25. The van der Waals surface area contributed by atoms with Crippen molar-refractivity contribution in [3.63, 3.8) is 0 Å². The maximum atomic E-state index is 13.1. The quantitative estimate of drug-likeness (QED) is 0.319. The van der Waals surface area contributed by atoms with Crippen molar-refractivity contribution in [1.82, 2.24) is 19.7 Å². The first-order valence-corrected chi connectivity index (χ1v) is 13.7. The normalized spacial score (nSPS) is 13.4. The van der Waals surface area contributed by atoms with Crippen molar-refractivity contribution in [1.29, 1.82) is 0 Å². The largest absolute Gasteiger partial charge is 0.368 e. The third-order valence-corrected chi connectivity index (χ3v) is 7.71. The molecule has 0 unspecified atom stereocenters. The van der Waals surface area contributed by atoms with E-state index in [0.717, 1.165) is 24.3 Å². The third-order valence-electron chi connectivity index (χ3n) is 6.47. The number of anilines is 2. The van der Waals surface area contributed by atoms with E-state index >= 15 is 0 Å². The first kappa shape index (κ1) is 26.7. The van der Waals surface area contributed by atoms with Gasteiger partial charge in [0.2, 0.25) is 5.91 Å². The van der Waals surface area contributed by atoms with Crippen molar-refractivity contribution in [3.05, 3.63) is 89.2 Å². The number of aromatic nitrogens is 3. The summed E-state index contributed by atoms with van der Waals surface area (Å²) in [6, 6.07) is 20.3. The van der Waals surface area contributed by atoms with Gasteiger partial charge in [-0.1, -0.05) is 29.4 Å². The van der Waals surface area contributed by atoms with Crippen LogP contribution in [0.25, 0.3) is 11.4 Å². The zero-order chi connectivity index (χ0) is 27.4. The number of amides is 2. The van der Waals surface area contributed by atoms with Crippen LogP contribution in [-0.2, 0) is 11.8 Å². The first-order chi connectivity index (χ1) is 18.9. The van der Waals surface area contributed by atoms with E-state index in [4.69, 9.17) is 11.6 Å². The molecule has 0 spiro atoms. The number of rotatable bonds is 7. The molecule has 5 rings (SSSR count). The van der Waals surface area contributed by atoms with Crippen LogP contribution < -0.4 is 10.2 Å². The molecule has 1 N–H and O–H groups in total. The molecule has 11 heteroatoms. The molecule has 0 bridgehead atoms. The predicted molar refractivity (Wildman–Crippen MR) is 152 cm³/mol. The molecule has 0 saturated carbocycles. The lowest BCUT2D eigenvalue weighted by Gasteiger charge is -2.36. The molecule has 3 aromatic carbocycles. The highest BCUT2D eigenvalue weighted by Gasteiger charge is 2.22. The first-order valence-electron chi connectivity index (χ1n) is 12.4. The summed E-state index contributed by atoms with van der Waals surface area (Å²) in [7, 11) is 1.86. The molecule has 1 fully saturated rings. The van der Waals surface area contributed by atoms with Gasteiger partial charge >= 0.3 is 0 Å². The van der Waals surface area contributed by atoms with Gasteiger partial charge < -0.3 is 19.7 Å². The van der Waals surface area contributed by atoms with E-state index in [-0.39, 0.29) is 17.6 Å². The summed E-state index contributed by atoms with van der Waals surface area (Å²) in [4.78, 5) is 29.3. The summed E-state index contributed by atoms with van der Waals surface area (Å²) in [6.45, 7) is 2.82. The number of hydrogen-bond donors (Lipinski definition) is 1. The Balaban J connectivity index is 1.14. The average Bonchev–Trinajstić information content (AvgIpc) is 3.32. The summed E-state index contributed by atoms with van der Waals surface area (Å²) in [5, 5.41) is 12.7. The van der Waals surface area contributed by atoms with Crippen LogP contribution in [0.2, 0.25) is 5.02 Å². The molecule has 0 atom stereocenters. The maximum Gasteiger partial charge on any atom is 0.255 e. The fourth-order valence-corrected chi connectivity index (χ4v) is 5.30. The molecule has 39 heavy (non-hydrogen) atoms. The van der Waals surface area contributed by atoms with Crippen molar-refractivity contribution in [2.75, 3.05) is 42.1 Å². The van der Waals surface area contributed by atoms with Crippen LogP contribution in [0.4, 0.5) is 15.8 Å². The van der Waals surface area contributed by atoms with Crippen molar-refractivity contribution >= 4 is 46.6 Å². The van der Waals surface area contributed by atoms with Crippen LogP contribution >= 0.6 is 23.4 Å². The summed E-state index contributed by atoms with van der Waals surface area (Å²) in [6.07, 6.45) is 0. The van der Waals surface area contributed by atoms with Crippen molar-refractivity contribution in [3.8, 4) is 11.4 Å². The molecule has 4 aromatic rings. The smallest absolute Gasteiger partial charge is 0.255 e. The maximum absolute atomic E-state index is 13.1. The Bertz CT molecular complexity index is 1470. The number of carbonyl (C=O) groups is 2. The SMILES string of the molecule is Cn1c(SCC(=O)N2CCN(c3cccc(Cl)c3)CC2)nnc1-c1ccc(NC(=O)c2ccc(F)cc2)cc1. The predicted octanol–water partition coefficient (Wildman–Crippen LogP) is 4.97. The lowest BCUT2D eigenvalue weighted by atomic mass is 10.1. The molecule has 2 heterocycles. The number of nitrogens with zero attached hydrogens (tertiary/aromatic N) is 5. The Morgan fingerprint density at radius 2 is 1.69 bits per heavy atom. The van der Waals surface area contributed by atoms with Gasteiger partial charge in [-0.25, -0.2) is 4.39 Å². The average molecular weight is 565 g/mol. The second-order valence-corrected chi connectivity index (χ2v) is 10.4. The van der Waals surface area contributed by atoms with Crippen LogP contribution in [0, 0.1) is 5.82 Å². The van der Waals surface area contributed by atoms with E-state index in [9.17, 15) is 14.0 Å². The van der Waals surface area contributed by atoms with E-state index in [1.807, 2.05) is 52.9 Å². The summed E-state index contributed by atoms with van der Waals surface area (Å²) in [5.74, 6) is 0.273. The minimum atomic E-state index is -0.394. The highest BCUT2D eigenvalue weighted by atomic mass is 35.5. The van der Waals surface area contributed by atoms with E-state index in [1.165, 1.54) is 36.0 Å². The monoisotopic (exact) mass is 564 g/mol. The van der Waals surface area contributed by atoms with Gasteiger partial charge in [0.25, 0.3) is 5.91 Å². The van der Waals surface area contributed by atoms with Crippen LogP contribution in [0.1, 0.15) is 10.4 Å². The van der Waals surface area contributed by atoms with Gasteiger partial charge in [0.05, 0.1) is 5.75 Å². The van der Waals surface area contributed by atoms with Gasteiger partial charge in [0.1, 0.15) is 5.82 Å².